The van der Waals surface area contributed by atoms with Gasteiger partial charge in [0.25, 0.3) is 0 Å². The van der Waals surface area contributed by atoms with Crippen LogP contribution < -0.4 is 5.32 Å². The molecule has 2 aromatic rings. The summed E-state index contributed by atoms with van der Waals surface area (Å²) in [7, 11) is 0. The molecule has 0 bridgehead atoms. The van der Waals surface area contributed by atoms with E-state index in [9.17, 15) is 15.2 Å². The van der Waals surface area contributed by atoms with Crippen molar-refractivity contribution in [1.82, 2.24) is 5.32 Å². The zero-order valence-electron chi connectivity index (χ0n) is 11.4. The number of rotatable bonds is 5. The zero-order chi connectivity index (χ0) is 15.1. The van der Waals surface area contributed by atoms with E-state index in [1.807, 2.05) is 42.5 Å². The summed E-state index contributed by atoms with van der Waals surface area (Å²) in [6.07, 6.45) is 0. The number of nitrogens with one attached hydrogen (secondary N) is 1. The van der Waals surface area contributed by atoms with Crippen molar-refractivity contribution in [3.8, 4) is 6.07 Å². The zero-order valence-corrected chi connectivity index (χ0v) is 11.4. The highest BCUT2D eigenvalue weighted by Crippen LogP contribution is 2.18. The quantitative estimate of drug-likeness (QED) is 0.881. The molecule has 1 amide bonds. The maximum Gasteiger partial charge on any atom is 0.242 e. The van der Waals surface area contributed by atoms with Gasteiger partial charge in [-0.15, -0.1) is 0 Å². The van der Waals surface area contributed by atoms with Crippen molar-refractivity contribution in [2.45, 2.75) is 12.0 Å². The van der Waals surface area contributed by atoms with Crippen molar-refractivity contribution >= 4 is 5.91 Å². The summed E-state index contributed by atoms with van der Waals surface area (Å²) in [6, 6.07) is 19.6. The van der Waals surface area contributed by atoms with Gasteiger partial charge in [0.05, 0.1) is 18.7 Å². The summed E-state index contributed by atoms with van der Waals surface area (Å²) < 4.78 is 0. The number of nitrogens with zero attached hydrogens (tertiary/aromatic N) is 1. The van der Waals surface area contributed by atoms with Crippen LogP contribution in [0.1, 0.15) is 23.1 Å². The van der Waals surface area contributed by atoms with Crippen LogP contribution in [0.2, 0.25) is 0 Å². The molecule has 0 heterocycles. The van der Waals surface area contributed by atoms with Crippen molar-refractivity contribution in [3.05, 3.63) is 71.8 Å². The van der Waals surface area contributed by atoms with Crippen LogP contribution in [-0.4, -0.2) is 17.6 Å². The Bertz CT molecular complexity index is 620. The van der Waals surface area contributed by atoms with Gasteiger partial charge in [0, 0.05) is 0 Å². The lowest BCUT2D eigenvalue weighted by atomic mass is 9.98. The molecule has 21 heavy (non-hydrogen) atoms. The van der Waals surface area contributed by atoms with Crippen molar-refractivity contribution in [2.75, 3.05) is 6.61 Å². The molecule has 0 saturated heterocycles. The van der Waals surface area contributed by atoms with Gasteiger partial charge in [0.1, 0.15) is 5.92 Å². The maximum atomic E-state index is 12.3. The summed E-state index contributed by atoms with van der Waals surface area (Å²) in [5.41, 5.74) is 1.44. The second-order valence-electron chi connectivity index (χ2n) is 4.63. The van der Waals surface area contributed by atoms with Gasteiger partial charge in [-0.1, -0.05) is 60.7 Å². The fourth-order valence-electron chi connectivity index (χ4n) is 2.10. The fraction of sp³-hybridized carbons (Fsp3) is 0.176. The molecule has 0 aromatic heterocycles. The fourth-order valence-corrected chi connectivity index (χ4v) is 2.10. The molecule has 106 valence electrons. The minimum absolute atomic E-state index is 0.220. The molecular weight excluding hydrogens is 264 g/mol. The van der Waals surface area contributed by atoms with Gasteiger partial charge in [-0.3, -0.25) is 4.79 Å². The lowest BCUT2D eigenvalue weighted by molar-refractivity contribution is -0.122. The minimum atomic E-state index is -0.885. The molecule has 4 nitrogen and oxygen atoms in total. The number of amides is 1. The van der Waals surface area contributed by atoms with Gasteiger partial charge in [0.2, 0.25) is 5.91 Å². The molecule has 0 spiro atoms. The van der Waals surface area contributed by atoms with E-state index in [-0.39, 0.29) is 6.61 Å². The number of aliphatic hydroxyl groups is 1. The number of hydrogen-bond donors (Lipinski definition) is 2. The summed E-state index contributed by atoms with van der Waals surface area (Å²) in [5.74, 6) is -1.30. The summed E-state index contributed by atoms with van der Waals surface area (Å²) >= 11 is 0. The summed E-state index contributed by atoms with van der Waals surface area (Å²) in [6.45, 7) is -0.220. The third-order valence-corrected chi connectivity index (χ3v) is 3.23. The third kappa shape index (κ3) is 3.68. The average Bonchev–Trinajstić information content (AvgIpc) is 2.55. The largest absolute Gasteiger partial charge is 0.394 e. The second-order valence-corrected chi connectivity index (χ2v) is 4.63. The number of nitriles is 1. The molecule has 2 atom stereocenters. The predicted octanol–water partition coefficient (Wildman–Crippen LogP) is 2.14. The smallest absolute Gasteiger partial charge is 0.242 e. The van der Waals surface area contributed by atoms with Crippen molar-refractivity contribution < 1.29 is 9.90 Å². The first-order valence-corrected chi connectivity index (χ1v) is 6.67. The van der Waals surface area contributed by atoms with E-state index in [1.54, 1.807) is 24.3 Å². The SMILES string of the molecule is N#CC(C(=O)NC(CO)c1ccccc1)c1ccccc1. The van der Waals surface area contributed by atoms with Crippen molar-refractivity contribution in [2.24, 2.45) is 0 Å². The van der Waals surface area contributed by atoms with E-state index in [1.165, 1.54) is 0 Å². The van der Waals surface area contributed by atoms with Gasteiger partial charge in [-0.2, -0.15) is 5.26 Å². The minimum Gasteiger partial charge on any atom is -0.394 e. The number of aliphatic hydroxyl groups excluding tert-OH is 1. The maximum absolute atomic E-state index is 12.3. The first kappa shape index (κ1) is 14.8. The molecule has 0 aliphatic rings. The molecule has 2 N–H and O–H groups in total. The van der Waals surface area contributed by atoms with Crippen LogP contribution >= 0.6 is 0 Å². The number of hydrogen-bond acceptors (Lipinski definition) is 3. The Kier molecular flexibility index (Phi) is 5.08. The molecule has 2 unspecified atom stereocenters. The van der Waals surface area contributed by atoms with E-state index >= 15 is 0 Å². The number of carbonyl (C=O) groups excluding carboxylic acids is 1. The van der Waals surface area contributed by atoms with E-state index in [0.717, 1.165) is 5.56 Å². The van der Waals surface area contributed by atoms with Crippen molar-refractivity contribution in [3.63, 3.8) is 0 Å². The van der Waals surface area contributed by atoms with E-state index < -0.39 is 17.9 Å². The van der Waals surface area contributed by atoms with Gasteiger partial charge >= 0.3 is 0 Å². The van der Waals surface area contributed by atoms with Crippen LogP contribution in [0, 0.1) is 11.3 Å². The normalized spacial score (nSPS) is 13.0. The lowest BCUT2D eigenvalue weighted by Gasteiger charge is -2.18. The Balaban J connectivity index is 2.14. The Morgan fingerprint density at radius 2 is 1.57 bits per heavy atom. The number of benzene rings is 2. The van der Waals surface area contributed by atoms with Crippen LogP contribution in [0.25, 0.3) is 0 Å². The Labute approximate surface area is 123 Å². The predicted molar refractivity (Wildman–Crippen MR) is 79.2 cm³/mol. The first-order valence-electron chi connectivity index (χ1n) is 6.67. The van der Waals surface area contributed by atoms with E-state index in [4.69, 9.17) is 0 Å². The molecular formula is C17H16N2O2. The number of carbonyl (C=O) groups is 1. The van der Waals surface area contributed by atoms with Crippen LogP contribution in [-0.2, 0) is 4.79 Å². The standard InChI is InChI=1S/C17H16N2O2/c18-11-15(13-7-3-1-4-8-13)17(21)19-16(12-20)14-9-5-2-6-10-14/h1-10,15-16,20H,12H2,(H,19,21). The summed E-state index contributed by atoms with van der Waals surface area (Å²) in [4.78, 5) is 12.3. The molecule has 0 aliphatic heterocycles. The van der Waals surface area contributed by atoms with Gasteiger partial charge < -0.3 is 10.4 Å². The third-order valence-electron chi connectivity index (χ3n) is 3.23. The lowest BCUT2D eigenvalue weighted by Crippen LogP contribution is -2.34. The van der Waals surface area contributed by atoms with Crippen molar-refractivity contribution in [1.29, 1.82) is 5.26 Å². The first-order chi connectivity index (χ1) is 10.3. The molecule has 0 aliphatic carbocycles. The highest BCUT2D eigenvalue weighted by molar-refractivity contribution is 5.86. The van der Waals surface area contributed by atoms with Crippen LogP contribution in [0.4, 0.5) is 0 Å². The van der Waals surface area contributed by atoms with Gasteiger partial charge in [-0.05, 0) is 11.1 Å². The molecule has 4 heteroatoms. The molecule has 0 fully saturated rings. The molecule has 0 radical (unpaired) electrons. The Hall–Kier alpha value is -2.64. The van der Waals surface area contributed by atoms with E-state index in [2.05, 4.69) is 5.32 Å². The summed E-state index contributed by atoms with van der Waals surface area (Å²) in [5, 5.41) is 21.4. The van der Waals surface area contributed by atoms with Crippen LogP contribution in [0.15, 0.2) is 60.7 Å². The van der Waals surface area contributed by atoms with Gasteiger partial charge in [0.15, 0.2) is 0 Å². The highest BCUT2D eigenvalue weighted by Gasteiger charge is 2.23. The highest BCUT2D eigenvalue weighted by atomic mass is 16.3. The molecule has 2 rings (SSSR count). The average molecular weight is 280 g/mol. The van der Waals surface area contributed by atoms with Gasteiger partial charge in [-0.25, -0.2) is 0 Å². The molecule has 2 aromatic carbocycles. The molecule has 0 saturated carbocycles. The van der Waals surface area contributed by atoms with Crippen LogP contribution in [0.5, 0.6) is 0 Å². The Morgan fingerprint density at radius 3 is 2.05 bits per heavy atom. The van der Waals surface area contributed by atoms with Crippen LogP contribution in [0.3, 0.4) is 0 Å². The second kappa shape index (κ2) is 7.22. The Morgan fingerprint density at radius 1 is 1.05 bits per heavy atom. The van der Waals surface area contributed by atoms with E-state index in [0.29, 0.717) is 5.56 Å². The topological polar surface area (TPSA) is 73.1 Å². The monoisotopic (exact) mass is 280 g/mol.